The third-order valence-electron chi connectivity index (χ3n) is 14.7. The fourth-order valence-electron chi connectivity index (χ4n) is 10.2. The summed E-state index contributed by atoms with van der Waals surface area (Å²) in [5, 5.41) is 18.7. The van der Waals surface area contributed by atoms with Crippen LogP contribution < -0.4 is 29.4 Å². The minimum absolute atomic E-state index is 0.0402. The lowest BCUT2D eigenvalue weighted by atomic mass is 9.79. The molecule has 2 aromatic carbocycles. The number of aromatic nitrogens is 2. The van der Waals surface area contributed by atoms with Crippen LogP contribution in [0.5, 0.6) is 17.2 Å². The number of aryl methyl sites for hydroxylation is 1. The first kappa shape index (κ1) is 56.1. The number of thioether (sulfide) groups is 1. The molecule has 0 radical (unpaired) electrons. The van der Waals surface area contributed by atoms with Crippen molar-refractivity contribution in [3.63, 3.8) is 0 Å². The monoisotopic (exact) mass is 1060 g/mol. The van der Waals surface area contributed by atoms with E-state index < -0.39 is 57.5 Å². The van der Waals surface area contributed by atoms with Crippen LogP contribution in [0.1, 0.15) is 95.9 Å². The summed E-state index contributed by atoms with van der Waals surface area (Å²) in [6, 6.07) is 11.5. The zero-order chi connectivity index (χ0) is 53.5. The SMILES string of the molecule is CCC(C)(C)C(=O)C(=O)N1CCCC[C@H]1C(=O)O[C@H](CCc1ccc(OC)c(OC)c1)c1cccc(OCCNc2ncc(CN3C[C@@H](SC4=C(C=O)N5C(=O)[C@H]([C@@H](C)O)[C@H]5[C@H]4C)C[C@H]3CNS(N)(=O)=O)cn2)c1. The van der Waals surface area contributed by atoms with Crippen LogP contribution in [-0.2, 0) is 51.9 Å². The van der Waals surface area contributed by atoms with Gasteiger partial charge in [-0.3, -0.25) is 24.1 Å². The summed E-state index contributed by atoms with van der Waals surface area (Å²) in [6.45, 7) is 10.8. The topological polar surface area (TPSA) is 262 Å². The normalized spacial score (nSPS) is 22.9. The first-order chi connectivity index (χ1) is 35.3. The number of ketones is 1. The number of benzene rings is 2. The molecule has 402 valence electrons. The maximum atomic E-state index is 14.1. The molecule has 22 heteroatoms. The molecule has 7 rings (SSSR count). The molecule has 0 spiro atoms. The predicted octanol–water partition coefficient (Wildman–Crippen LogP) is 4.33. The average molecular weight is 1060 g/mol. The molecule has 1 aromatic heterocycles. The molecule has 0 saturated carbocycles. The van der Waals surface area contributed by atoms with Crippen LogP contribution >= 0.6 is 11.8 Å². The van der Waals surface area contributed by atoms with Crippen LogP contribution in [0.3, 0.4) is 0 Å². The molecule has 8 atom stereocenters. The van der Waals surface area contributed by atoms with Crippen LogP contribution in [0.15, 0.2) is 65.5 Å². The van der Waals surface area contributed by atoms with E-state index in [9.17, 15) is 37.5 Å². The number of hydrogen-bond donors (Lipinski definition) is 4. The Kier molecular flexibility index (Phi) is 18.5. The molecule has 74 heavy (non-hydrogen) atoms. The van der Waals surface area contributed by atoms with Gasteiger partial charge in [0.25, 0.3) is 16.1 Å². The van der Waals surface area contributed by atoms with Crippen molar-refractivity contribution in [2.24, 2.45) is 22.4 Å². The second-order valence-electron chi connectivity index (χ2n) is 20.1. The molecule has 20 nitrogen and oxygen atoms in total. The molecule has 4 aliphatic rings. The minimum atomic E-state index is -3.97. The maximum Gasteiger partial charge on any atom is 0.329 e. The number of carbonyl (C=O) groups excluding carboxylic acids is 5. The highest BCUT2D eigenvalue weighted by atomic mass is 32.2. The summed E-state index contributed by atoms with van der Waals surface area (Å²) in [7, 11) is -0.832. The molecule has 2 amide bonds. The Morgan fingerprint density at radius 3 is 2.47 bits per heavy atom. The van der Waals surface area contributed by atoms with Crippen LogP contribution in [0.4, 0.5) is 5.95 Å². The number of ether oxygens (including phenoxy) is 4. The maximum absolute atomic E-state index is 14.1. The van der Waals surface area contributed by atoms with Gasteiger partial charge in [0.1, 0.15) is 24.5 Å². The Balaban J connectivity index is 0.974. The van der Waals surface area contributed by atoms with Gasteiger partial charge in [0.2, 0.25) is 17.6 Å². The molecule has 5 N–H and O–H groups in total. The number of piperidine rings is 1. The number of nitrogens with zero attached hydrogens (tertiary/aromatic N) is 5. The molecule has 0 aliphatic carbocycles. The fourth-order valence-corrected chi connectivity index (χ4v) is 12.2. The smallest absolute Gasteiger partial charge is 0.329 e. The quantitative estimate of drug-likeness (QED) is 0.0303. The van der Waals surface area contributed by atoms with E-state index in [2.05, 4.69) is 24.9 Å². The van der Waals surface area contributed by atoms with Gasteiger partial charge in [-0.05, 0) is 87.3 Å². The number of likely N-dealkylation sites (tertiary alicyclic amines) is 2. The van der Waals surface area contributed by atoms with Crippen LogP contribution in [0.2, 0.25) is 0 Å². The van der Waals surface area contributed by atoms with E-state index in [1.807, 2.05) is 50.2 Å². The third kappa shape index (κ3) is 13.1. The van der Waals surface area contributed by atoms with Gasteiger partial charge in [0.15, 0.2) is 17.8 Å². The highest BCUT2D eigenvalue weighted by molar-refractivity contribution is 8.03. The molecule has 3 saturated heterocycles. The van der Waals surface area contributed by atoms with Crippen molar-refractivity contribution in [2.75, 3.05) is 52.3 Å². The predicted molar refractivity (Wildman–Crippen MR) is 277 cm³/mol. The summed E-state index contributed by atoms with van der Waals surface area (Å²) in [5.74, 6) is -0.674. The van der Waals surface area contributed by atoms with Gasteiger partial charge in [-0.25, -0.2) is 24.6 Å². The Hall–Kier alpha value is -5.65. The number of Topliss-reactive ketones (excluding diaryl/α,β-unsaturated/α-hetero) is 1. The second-order valence-corrected chi connectivity index (χ2v) is 22.8. The number of methoxy groups -OCH3 is 2. The van der Waals surface area contributed by atoms with Crippen LogP contribution in [0, 0.1) is 17.3 Å². The fraction of sp³-hybridized carbons (Fsp3) is 0.558. The summed E-state index contributed by atoms with van der Waals surface area (Å²) in [5.41, 5.74) is 1.87. The van der Waals surface area contributed by atoms with Crippen molar-refractivity contribution in [3.8, 4) is 17.2 Å². The van der Waals surface area contributed by atoms with Gasteiger partial charge in [-0.15, -0.1) is 11.8 Å². The Bertz CT molecular complexity index is 2670. The molecular formula is C52H70N8O12S2. The lowest BCUT2D eigenvalue weighted by Crippen LogP contribution is -2.63. The highest BCUT2D eigenvalue weighted by Crippen LogP contribution is 2.51. The molecule has 0 unspecified atom stereocenters. The van der Waals surface area contributed by atoms with E-state index in [0.29, 0.717) is 112 Å². The van der Waals surface area contributed by atoms with Crippen molar-refractivity contribution >= 4 is 57.8 Å². The van der Waals surface area contributed by atoms with E-state index in [-0.39, 0.29) is 42.3 Å². The molecular weight excluding hydrogens is 993 g/mol. The summed E-state index contributed by atoms with van der Waals surface area (Å²) in [6.07, 6.45) is 6.25. The summed E-state index contributed by atoms with van der Waals surface area (Å²) >= 11 is 1.52. The number of nitrogens with two attached hydrogens (primary N) is 1. The average Bonchev–Trinajstić information content (AvgIpc) is 3.88. The number of allylic oxidation sites excluding steroid dienone is 1. The number of rotatable bonds is 25. The van der Waals surface area contributed by atoms with Gasteiger partial charge in [0, 0.05) is 71.7 Å². The summed E-state index contributed by atoms with van der Waals surface area (Å²) in [4.78, 5) is 81.0. The molecule has 3 aromatic rings. The number of amides is 2. The molecule has 4 aliphatic heterocycles. The highest BCUT2D eigenvalue weighted by Gasteiger charge is 2.59. The number of esters is 1. The van der Waals surface area contributed by atoms with Crippen LogP contribution in [0.25, 0.3) is 0 Å². The first-order valence-corrected chi connectivity index (χ1v) is 27.6. The largest absolute Gasteiger partial charge is 0.493 e. The van der Waals surface area contributed by atoms with Gasteiger partial charge in [-0.2, -0.15) is 8.42 Å². The Morgan fingerprint density at radius 1 is 1.05 bits per heavy atom. The van der Waals surface area contributed by atoms with Gasteiger partial charge >= 0.3 is 5.97 Å². The van der Waals surface area contributed by atoms with E-state index >= 15 is 0 Å². The van der Waals surface area contributed by atoms with Crippen molar-refractivity contribution in [3.05, 3.63) is 82.2 Å². The van der Waals surface area contributed by atoms with Gasteiger partial charge in [0.05, 0.1) is 44.5 Å². The lowest BCUT2D eigenvalue weighted by Gasteiger charge is -2.46. The van der Waals surface area contributed by atoms with Crippen molar-refractivity contribution in [1.82, 2.24) is 29.4 Å². The zero-order valence-electron chi connectivity index (χ0n) is 43.2. The number of fused-ring (bicyclic) bond motifs is 1. The van der Waals surface area contributed by atoms with Crippen molar-refractivity contribution in [2.45, 2.75) is 122 Å². The minimum Gasteiger partial charge on any atom is -0.493 e. The number of aldehydes is 1. The van der Waals surface area contributed by atoms with Crippen molar-refractivity contribution in [1.29, 1.82) is 0 Å². The lowest BCUT2D eigenvalue weighted by molar-refractivity contribution is -0.164. The first-order valence-electron chi connectivity index (χ1n) is 25.2. The zero-order valence-corrected chi connectivity index (χ0v) is 44.8. The number of aliphatic hydroxyl groups is 1. The standard InChI is InChI=1S/C52H70N8O12S2/c1-8-52(4,5)47(63)49(65)59-20-10-9-14-39(59)50(66)72-41(17-15-33-16-18-42(69-6)43(22-33)70-7)35-12-11-13-37(23-35)71-21-19-54-51-55-25-34(26-56-51)28-58-29-38(24-36(58)27-57-74(53,67)68)73-46-31(2)45-44(32(3)62)48(64)60(45)40(46)30-61/h11-13,16,18,22-23,25-26,30-32,36,38-39,41,44-45,57,62H,8-10,14-15,17,19-21,24,27-29H2,1-7H3,(H2,53,67,68)(H,54,55,56)/t31-,32-,36+,38+,39+,41-,44-,45-/m1/s1. The third-order valence-corrected chi connectivity index (χ3v) is 16.7. The summed E-state index contributed by atoms with van der Waals surface area (Å²) < 4.78 is 49.7. The number of nitrogens with one attached hydrogen (secondary N) is 2. The number of carbonyl (C=O) groups is 5. The van der Waals surface area contributed by atoms with Crippen LogP contribution in [-0.4, -0.2) is 145 Å². The molecule has 3 fully saturated rings. The molecule has 0 bridgehead atoms. The Labute approximate surface area is 437 Å². The van der Waals surface area contributed by atoms with Crippen molar-refractivity contribution < 1.29 is 56.4 Å². The van der Waals surface area contributed by atoms with Gasteiger partial charge in [-0.1, -0.05) is 45.9 Å². The van der Waals surface area contributed by atoms with E-state index in [1.54, 1.807) is 53.5 Å². The second kappa shape index (κ2) is 24.3. The van der Waals surface area contributed by atoms with E-state index in [0.717, 1.165) is 16.0 Å². The number of hydrogen-bond acceptors (Lipinski definition) is 17. The number of β-lactam (4-membered cyclic amide) rings is 1. The van der Waals surface area contributed by atoms with E-state index in [1.165, 1.54) is 21.6 Å². The molecule has 5 heterocycles. The van der Waals surface area contributed by atoms with Gasteiger partial charge < -0.3 is 39.2 Å². The van der Waals surface area contributed by atoms with E-state index in [4.69, 9.17) is 24.1 Å². The number of anilines is 1. The Morgan fingerprint density at radius 2 is 1.80 bits per heavy atom. The number of aliphatic hydroxyl groups excluding tert-OH is 1.